The fourth-order valence-electron chi connectivity index (χ4n) is 2.88. The molecule has 0 radical (unpaired) electrons. The Morgan fingerprint density at radius 3 is 2.04 bits per heavy atom. The summed E-state index contributed by atoms with van der Waals surface area (Å²) in [4.78, 5) is 4.88. The first-order valence-corrected chi connectivity index (χ1v) is 8.34. The lowest BCUT2D eigenvalue weighted by Gasteiger charge is -2.13. The highest BCUT2D eigenvalue weighted by Gasteiger charge is 2.09. The summed E-state index contributed by atoms with van der Waals surface area (Å²) >= 11 is 0. The lowest BCUT2D eigenvalue weighted by Crippen LogP contribution is -2.13. The summed E-state index contributed by atoms with van der Waals surface area (Å²) in [7, 11) is 0. The molecule has 0 fully saturated rings. The lowest BCUT2D eigenvalue weighted by molar-refractivity contribution is 1.47. The van der Waals surface area contributed by atoms with E-state index >= 15 is 0 Å². The van der Waals surface area contributed by atoms with Crippen molar-refractivity contribution in [1.29, 1.82) is 0 Å². The van der Waals surface area contributed by atoms with Crippen LogP contribution in [0.25, 0.3) is 10.8 Å². The van der Waals surface area contributed by atoms with Gasteiger partial charge in [-0.05, 0) is 35.0 Å². The fourth-order valence-corrected chi connectivity index (χ4v) is 2.88. The van der Waals surface area contributed by atoms with Crippen LogP contribution in [-0.2, 0) is 0 Å². The summed E-state index contributed by atoms with van der Waals surface area (Å²) in [6.07, 6.45) is 0. The van der Waals surface area contributed by atoms with Crippen molar-refractivity contribution in [2.24, 2.45) is 4.99 Å². The van der Waals surface area contributed by atoms with E-state index in [0.717, 1.165) is 22.8 Å². The van der Waals surface area contributed by atoms with Crippen LogP contribution < -0.4 is 5.32 Å². The summed E-state index contributed by atoms with van der Waals surface area (Å²) in [5.74, 6) is 0.842. The zero-order valence-corrected chi connectivity index (χ0v) is 13.8. The second-order valence-electron chi connectivity index (χ2n) is 5.81. The van der Waals surface area contributed by atoms with Gasteiger partial charge in [0.2, 0.25) is 0 Å². The van der Waals surface area contributed by atoms with Crippen LogP contribution in [0.1, 0.15) is 5.56 Å². The zero-order chi connectivity index (χ0) is 16.9. The molecular weight excluding hydrogens is 304 g/mol. The SMILES string of the molecule is c1ccc(N=C(Nc2ccccc2)c2cccc3ccccc23)cc1. The molecule has 4 aromatic carbocycles. The van der Waals surface area contributed by atoms with Gasteiger partial charge in [-0.15, -0.1) is 0 Å². The van der Waals surface area contributed by atoms with Crippen molar-refractivity contribution in [3.63, 3.8) is 0 Å². The summed E-state index contributed by atoms with van der Waals surface area (Å²) in [5, 5.41) is 5.87. The third-order valence-electron chi connectivity index (χ3n) is 4.08. The van der Waals surface area contributed by atoms with Gasteiger partial charge in [0.15, 0.2) is 0 Å². The average molecular weight is 322 g/mol. The Balaban J connectivity index is 1.86. The minimum absolute atomic E-state index is 0.842. The Labute approximate surface area is 147 Å². The third kappa shape index (κ3) is 3.43. The number of amidine groups is 1. The van der Waals surface area contributed by atoms with Gasteiger partial charge in [0.05, 0.1) is 5.69 Å². The number of nitrogens with zero attached hydrogens (tertiary/aromatic N) is 1. The molecule has 4 aromatic rings. The molecule has 0 aliphatic heterocycles. The van der Waals surface area contributed by atoms with Crippen molar-refractivity contribution in [2.75, 3.05) is 5.32 Å². The number of aliphatic imine (C=N–C) groups is 1. The maximum Gasteiger partial charge on any atom is 0.138 e. The number of nitrogens with one attached hydrogen (secondary N) is 1. The van der Waals surface area contributed by atoms with Crippen LogP contribution in [0.3, 0.4) is 0 Å². The molecule has 0 aliphatic carbocycles. The van der Waals surface area contributed by atoms with Gasteiger partial charge in [-0.1, -0.05) is 78.9 Å². The first-order valence-electron chi connectivity index (χ1n) is 8.34. The van der Waals surface area contributed by atoms with Crippen molar-refractivity contribution < 1.29 is 0 Å². The summed E-state index contributed by atoms with van der Waals surface area (Å²) < 4.78 is 0. The number of para-hydroxylation sites is 2. The highest BCUT2D eigenvalue weighted by atomic mass is 15.0. The molecule has 0 amide bonds. The number of rotatable bonds is 3. The molecule has 25 heavy (non-hydrogen) atoms. The van der Waals surface area contributed by atoms with Gasteiger partial charge in [0, 0.05) is 11.3 Å². The van der Waals surface area contributed by atoms with Crippen LogP contribution in [0.5, 0.6) is 0 Å². The van der Waals surface area contributed by atoms with Crippen molar-refractivity contribution in [2.45, 2.75) is 0 Å². The summed E-state index contributed by atoms with van der Waals surface area (Å²) in [5.41, 5.74) is 3.03. The Morgan fingerprint density at radius 1 is 0.600 bits per heavy atom. The molecule has 2 nitrogen and oxygen atoms in total. The fraction of sp³-hybridized carbons (Fsp3) is 0. The summed E-state index contributed by atoms with van der Waals surface area (Å²) in [6.45, 7) is 0. The van der Waals surface area contributed by atoms with Crippen LogP contribution in [0.4, 0.5) is 11.4 Å². The number of benzene rings is 4. The quantitative estimate of drug-likeness (QED) is 0.361. The van der Waals surface area contributed by atoms with E-state index in [1.54, 1.807) is 0 Å². The first-order chi connectivity index (χ1) is 12.4. The molecule has 0 aliphatic rings. The standard InChI is InChI=1S/C23H18N2/c1-3-12-19(13-4-1)24-23(25-20-14-5-2-6-15-20)22-17-9-11-18-10-7-8-16-21(18)22/h1-17H,(H,24,25). The van der Waals surface area contributed by atoms with E-state index in [1.165, 1.54) is 10.8 Å². The van der Waals surface area contributed by atoms with Crippen molar-refractivity contribution in [3.8, 4) is 0 Å². The molecular formula is C23H18N2. The van der Waals surface area contributed by atoms with Gasteiger partial charge in [-0.2, -0.15) is 0 Å². The van der Waals surface area contributed by atoms with Gasteiger partial charge < -0.3 is 5.32 Å². The van der Waals surface area contributed by atoms with E-state index in [1.807, 2.05) is 60.7 Å². The summed E-state index contributed by atoms with van der Waals surface area (Å²) in [6, 6.07) is 34.9. The molecule has 0 unspecified atom stereocenters. The maximum absolute atomic E-state index is 4.88. The number of anilines is 1. The van der Waals surface area contributed by atoms with E-state index < -0.39 is 0 Å². The molecule has 2 heteroatoms. The van der Waals surface area contributed by atoms with Gasteiger partial charge in [0.25, 0.3) is 0 Å². The highest BCUT2D eigenvalue weighted by Crippen LogP contribution is 2.22. The number of fused-ring (bicyclic) bond motifs is 1. The Hall–Kier alpha value is -3.39. The molecule has 120 valence electrons. The number of hydrogen-bond donors (Lipinski definition) is 1. The van der Waals surface area contributed by atoms with E-state index in [0.29, 0.717) is 0 Å². The molecule has 0 saturated heterocycles. The van der Waals surface area contributed by atoms with Crippen LogP contribution >= 0.6 is 0 Å². The number of hydrogen-bond acceptors (Lipinski definition) is 1. The minimum atomic E-state index is 0.842. The second kappa shape index (κ2) is 7.02. The van der Waals surface area contributed by atoms with Crippen molar-refractivity contribution >= 4 is 28.0 Å². The molecule has 0 bridgehead atoms. The van der Waals surface area contributed by atoms with E-state index in [-0.39, 0.29) is 0 Å². The van der Waals surface area contributed by atoms with E-state index in [9.17, 15) is 0 Å². The van der Waals surface area contributed by atoms with Gasteiger partial charge in [-0.25, -0.2) is 4.99 Å². The Bertz CT molecular complexity index is 1000. The van der Waals surface area contributed by atoms with E-state index in [2.05, 4.69) is 47.8 Å². The van der Waals surface area contributed by atoms with Gasteiger partial charge in [-0.3, -0.25) is 0 Å². The largest absolute Gasteiger partial charge is 0.340 e. The molecule has 0 heterocycles. The maximum atomic E-state index is 4.88. The lowest BCUT2D eigenvalue weighted by atomic mass is 10.0. The van der Waals surface area contributed by atoms with Crippen molar-refractivity contribution in [1.82, 2.24) is 0 Å². The first kappa shape index (κ1) is 15.2. The minimum Gasteiger partial charge on any atom is -0.340 e. The predicted molar refractivity (Wildman–Crippen MR) is 107 cm³/mol. The topological polar surface area (TPSA) is 24.4 Å². The monoisotopic (exact) mass is 322 g/mol. The van der Waals surface area contributed by atoms with Crippen LogP contribution in [-0.4, -0.2) is 5.84 Å². The van der Waals surface area contributed by atoms with Crippen LogP contribution in [0.2, 0.25) is 0 Å². The molecule has 0 atom stereocenters. The van der Waals surface area contributed by atoms with Gasteiger partial charge >= 0.3 is 0 Å². The molecule has 0 saturated carbocycles. The zero-order valence-electron chi connectivity index (χ0n) is 13.8. The highest BCUT2D eigenvalue weighted by molar-refractivity contribution is 6.16. The Kier molecular flexibility index (Phi) is 4.25. The van der Waals surface area contributed by atoms with Crippen LogP contribution in [0, 0.1) is 0 Å². The van der Waals surface area contributed by atoms with Crippen LogP contribution in [0.15, 0.2) is 108 Å². The smallest absolute Gasteiger partial charge is 0.138 e. The van der Waals surface area contributed by atoms with Gasteiger partial charge in [0.1, 0.15) is 5.84 Å². The average Bonchev–Trinajstić information content (AvgIpc) is 2.69. The Morgan fingerprint density at radius 2 is 1.24 bits per heavy atom. The van der Waals surface area contributed by atoms with Crippen molar-refractivity contribution in [3.05, 3.63) is 109 Å². The third-order valence-corrected chi connectivity index (χ3v) is 4.08. The molecule has 1 N–H and O–H groups in total. The normalized spacial score (nSPS) is 11.4. The van der Waals surface area contributed by atoms with E-state index in [4.69, 9.17) is 4.99 Å². The molecule has 0 spiro atoms. The predicted octanol–water partition coefficient (Wildman–Crippen LogP) is 6.03. The molecule has 4 rings (SSSR count). The molecule has 0 aromatic heterocycles. The second-order valence-corrected chi connectivity index (χ2v) is 5.81.